The fourth-order valence-electron chi connectivity index (χ4n) is 0.512. The minimum absolute atomic E-state index is 0.252. The van der Waals surface area contributed by atoms with Crippen LogP contribution in [0.4, 0.5) is 18.3 Å². The van der Waals surface area contributed by atoms with Crippen molar-refractivity contribution in [2.45, 2.75) is 6.18 Å². The molecule has 0 aliphatic carbocycles. The van der Waals surface area contributed by atoms with Gasteiger partial charge in [0.25, 0.3) is 0 Å². The summed E-state index contributed by atoms with van der Waals surface area (Å²) < 4.78 is 39.0. The lowest BCUT2D eigenvalue weighted by Crippen LogP contribution is -2.11. The van der Waals surface area contributed by atoms with Crippen LogP contribution in [0.1, 0.15) is 5.82 Å². The Kier molecular flexibility index (Phi) is 2.22. The number of alkyl halides is 3. The van der Waals surface area contributed by atoms with Crippen LogP contribution < -0.4 is 4.90 Å². The summed E-state index contributed by atoms with van der Waals surface area (Å²) in [5.41, 5.74) is 0. The number of aromatic nitrogens is 2. The molecule has 0 saturated carbocycles. The van der Waals surface area contributed by atoms with Crippen molar-refractivity contribution >= 4 is 16.7 Å². The highest BCUT2D eigenvalue weighted by atomic mass is 32.1. The maximum absolute atomic E-state index is 11.9. The first-order valence-corrected chi connectivity index (χ1v) is 3.77. The Labute approximate surface area is 71.0 Å². The van der Waals surface area contributed by atoms with Crippen LogP contribution in [0.25, 0.3) is 0 Å². The van der Waals surface area contributed by atoms with E-state index < -0.39 is 12.0 Å². The molecule has 1 rings (SSSR count). The molecule has 0 aromatic carbocycles. The van der Waals surface area contributed by atoms with Gasteiger partial charge in [-0.1, -0.05) is 0 Å². The summed E-state index contributed by atoms with van der Waals surface area (Å²) in [5.74, 6) is -1.07. The molecule has 1 aromatic rings. The molecule has 0 bridgehead atoms. The Hall–Kier alpha value is -0.850. The van der Waals surface area contributed by atoms with Gasteiger partial charge in [-0.15, -0.1) is 0 Å². The molecular formula is C5H6F3N3S. The molecule has 0 aliphatic rings. The quantitative estimate of drug-likeness (QED) is 0.685. The van der Waals surface area contributed by atoms with E-state index in [4.69, 9.17) is 0 Å². The highest BCUT2D eigenvalue weighted by molar-refractivity contribution is 7.09. The minimum Gasteiger partial charge on any atom is -0.353 e. The highest BCUT2D eigenvalue weighted by Crippen LogP contribution is 2.29. The zero-order valence-electron chi connectivity index (χ0n) is 6.38. The maximum atomic E-state index is 11.9. The third kappa shape index (κ3) is 1.84. The first-order chi connectivity index (χ1) is 5.41. The SMILES string of the molecule is CN(C)c1nc(C(F)(F)F)ns1. The molecular weight excluding hydrogens is 191 g/mol. The molecule has 1 aromatic heterocycles. The molecule has 0 unspecified atom stereocenters. The Morgan fingerprint density at radius 3 is 2.17 bits per heavy atom. The second-order valence-corrected chi connectivity index (χ2v) is 3.02. The Bertz CT molecular complexity index is 267. The number of halogens is 3. The molecule has 0 N–H and O–H groups in total. The van der Waals surface area contributed by atoms with Crippen molar-refractivity contribution in [1.82, 2.24) is 9.36 Å². The number of hydrogen-bond acceptors (Lipinski definition) is 4. The van der Waals surface area contributed by atoms with Crippen molar-refractivity contribution < 1.29 is 13.2 Å². The number of hydrogen-bond donors (Lipinski definition) is 0. The van der Waals surface area contributed by atoms with Crippen molar-refractivity contribution in [2.75, 3.05) is 19.0 Å². The summed E-state index contributed by atoms with van der Waals surface area (Å²) in [6.07, 6.45) is -4.44. The molecule has 7 heteroatoms. The fraction of sp³-hybridized carbons (Fsp3) is 0.600. The second-order valence-electron chi connectivity index (χ2n) is 2.29. The molecule has 0 aliphatic heterocycles. The van der Waals surface area contributed by atoms with Gasteiger partial charge in [0.15, 0.2) is 0 Å². The van der Waals surface area contributed by atoms with E-state index in [-0.39, 0.29) is 5.13 Å². The summed E-state index contributed by atoms with van der Waals surface area (Å²) in [5, 5.41) is 0.252. The van der Waals surface area contributed by atoms with Gasteiger partial charge in [0, 0.05) is 25.6 Å². The first-order valence-electron chi connectivity index (χ1n) is 2.99. The van der Waals surface area contributed by atoms with Crippen molar-refractivity contribution in [2.24, 2.45) is 0 Å². The van der Waals surface area contributed by atoms with Crippen LogP contribution in [0.3, 0.4) is 0 Å². The highest BCUT2D eigenvalue weighted by Gasteiger charge is 2.36. The molecule has 0 saturated heterocycles. The van der Waals surface area contributed by atoms with Crippen LogP contribution in [0, 0.1) is 0 Å². The molecule has 0 spiro atoms. The van der Waals surface area contributed by atoms with Gasteiger partial charge in [-0.25, -0.2) is 0 Å². The van der Waals surface area contributed by atoms with E-state index in [1.807, 2.05) is 0 Å². The average molecular weight is 197 g/mol. The Balaban J connectivity index is 2.92. The molecule has 12 heavy (non-hydrogen) atoms. The third-order valence-electron chi connectivity index (χ3n) is 1.05. The summed E-state index contributed by atoms with van der Waals surface area (Å²) >= 11 is 0.729. The number of nitrogens with zero attached hydrogens (tertiary/aromatic N) is 3. The smallest absolute Gasteiger partial charge is 0.353 e. The van der Waals surface area contributed by atoms with Gasteiger partial charge in [0.05, 0.1) is 0 Å². The zero-order valence-corrected chi connectivity index (χ0v) is 7.20. The standard InChI is InChI=1S/C5H6F3N3S/c1-11(2)4-9-3(10-12-4)5(6,7)8/h1-2H3. The number of rotatable bonds is 1. The Morgan fingerprint density at radius 1 is 1.33 bits per heavy atom. The van der Waals surface area contributed by atoms with Gasteiger partial charge in [0.2, 0.25) is 11.0 Å². The topological polar surface area (TPSA) is 29.0 Å². The van der Waals surface area contributed by atoms with Crippen LogP contribution in [0.5, 0.6) is 0 Å². The van der Waals surface area contributed by atoms with Crippen molar-refractivity contribution in [3.05, 3.63) is 5.82 Å². The van der Waals surface area contributed by atoms with E-state index in [1.165, 1.54) is 4.90 Å². The van der Waals surface area contributed by atoms with Crippen molar-refractivity contribution in [3.63, 3.8) is 0 Å². The Morgan fingerprint density at radius 2 is 1.92 bits per heavy atom. The largest absolute Gasteiger partial charge is 0.452 e. The normalized spacial score (nSPS) is 11.8. The number of anilines is 1. The summed E-state index contributed by atoms with van der Waals surface area (Å²) in [7, 11) is 3.22. The predicted molar refractivity (Wildman–Crippen MR) is 39.2 cm³/mol. The lowest BCUT2D eigenvalue weighted by molar-refractivity contribution is -0.144. The van der Waals surface area contributed by atoms with Gasteiger partial charge >= 0.3 is 6.18 Å². The maximum Gasteiger partial charge on any atom is 0.452 e. The summed E-state index contributed by atoms with van der Waals surface area (Å²) in [4.78, 5) is 4.77. The lowest BCUT2D eigenvalue weighted by atomic mass is 10.6. The van der Waals surface area contributed by atoms with Crippen LogP contribution in [0.2, 0.25) is 0 Å². The molecule has 68 valence electrons. The monoisotopic (exact) mass is 197 g/mol. The zero-order chi connectivity index (χ0) is 9.35. The molecule has 0 fully saturated rings. The minimum atomic E-state index is -4.44. The van der Waals surface area contributed by atoms with E-state index in [0.29, 0.717) is 0 Å². The van der Waals surface area contributed by atoms with Crippen molar-refractivity contribution in [3.8, 4) is 0 Å². The average Bonchev–Trinajstić information content (AvgIpc) is 2.30. The summed E-state index contributed by atoms with van der Waals surface area (Å²) in [6, 6.07) is 0. The van der Waals surface area contributed by atoms with Crippen molar-refractivity contribution in [1.29, 1.82) is 0 Å². The molecule has 0 atom stereocenters. The molecule has 3 nitrogen and oxygen atoms in total. The van der Waals surface area contributed by atoms with Crippen LogP contribution in [-0.4, -0.2) is 23.5 Å². The van der Waals surface area contributed by atoms with Gasteiger partial charge in [-0.2, -0.15) is 22.5 Å². The lowest BCUT2D eigenvalue weighted by Gasteiger charge is -2.04. The van der Waals surface area contributed by atoms with E-state index in [9.17, 15) is 13.2 Å². The van der Waals surface area contributed by atoms with Gasteiger partial charge in [-0.05, 0) is 0 Å². The van der Waals surface area contributed by atoms with Crippen LogP contribution >= 0.6 is 11.5 Å². The molecule has 1 heterocycles. The van der Waals surface area contributed by atoms with Crippen LogP contribution in [-0.2, 0) is 6.18 Å². The third-order valence-corrected chi connectivity index (χ3v) is 1.94. The van der Waals surface area contributed by atoms with Gasteiger partial charge < -0.3 is 4.90 Å². The van der Waals surface area contributed by atoms with E-state index in [1.54, 1.807) is 14.1 Å². The van der Waals surface area contributed by atoms with Gasteiger partial charge in [-0.3, -0.25) is 0 Å². The van der Waals surface area contributed by atoms with E-state index >= 15 is 0 Å². The molecule has 0 radical (unpaired) electrons. The second kappa shape index (κ2) is 2.89. The predicted octanol–water partition coefficient (Wildman–Crippen LogP) is 1.62. The fourth-order valence-corrected chi connectivity index (χ4v) is 1.12. The summed E-state index contributed by atoms with van der Waals surface area (Å²) in [6.45, 7) is 0. The van der Waals surface area contributed by atoms with Gasteiger partial charge in [0.1, 0.15) is 0 Å². The van der Waals surface area contributed by atoms with Crippen LogP contribution in [0.15, 0.2) is 0 Å². The van der Waals surface area contributed by atoms with E-state index in [2.05, 4.69) is 9.36 Å². The van der Waals surface area contributed by atoms with E-state index in [0.717, 1.165) is 11.5 Å². The first kappa shape index (κ1) is 9.24. The molecule has 0 amide bonds.